The van der Waals surface area contributed by atoms with E-state index in [0.717, 1.165) is 38.4 Å². The van der Waals surface area contributed by atoms with Crippen LogP contribution in [0.1, 0.15) is 38.5 Å². The predicted molar refractivity (Wildman–Crippen MR) is 122 cm³/mol. The van der Waals surface area contributed by atoms with Gasteiger partial charge in [-0.3, -0.25) is 14.3 Å². The van der Waals surface area contributed by atoms with E-state index in [-0.39, 0.29) is 45.8 Å². The molecule has 1 amide bonds. The van der Waals surface area contributed by atoms with Crippen LogP contribution in [0, 0.1) is 17.8 Å². The van der Waals surface area contributed by atoms with E-state index in [1.165, 1.54) is 18.2 Å². The number of carbonyl (C=O) groups is 2. The first-order chi connectivity index (χ1) is 15.5. The zero-order valence-corrected chi connectivity index (χ0v) is 19.8. The molecule has 2 aliphatic carbocycles. The maximum Gasteiger partial charge on any atom is 0.286 e. The monoisotopic (exact) mass is 494 g/mol. The highest BCUT2D eigenvalue weighted by Crippen LogP contribution is 2.41. The quantitative estimate of drug-likeness (QED) is 0.572. The van der Waals surface area contributed by atoms with Crippen LogP contribution in [0.2, 0.25) is 0 Å². The highest BCUT2D eigenvalue weighted by molar-refractivity contribution is 7.92. The van der Waals surface area contributed by atoms with Crippen LogP contribution in [0.4, 0.5) is 11.4 Å². The number of hydrogen-bond acceptors (Lipinski definition) is 7. The van der Waals surface area contributed by atoms with Gasteiger partial charge in [0.2, 0.25) is 15.9 Å². The van der Waals surface area contributed by atoms with Gasteiger partial charge in [-0.1, -0.05) is 19.3 Å². The number of amides is 1. The second kappa shape index (κ2) is 7.79. The molecule has 0 radical (unpaired) electrons. The SMILES string of the molecule is CS(=O)(=O)Nc1ccc2c(c1)S(=O)(=O)N=C(C1C(=O)C3CCCC3N(CCC3CC3)C1=O)N2. The van der Waals surface area contributed by atoms with Crippen molar-refractivity contribution in [1.29, 1.82) is 0 Å². The van der Waals surface area contributed by atoms with Crippen LogP contribution in [0.3, 0.4) is 0 Å². The number of anilines is 2. The molecule has 3 atom stereocenters. The molecule has 1 aromatic carbocycles. The normalized spacial score (nSPS) is 28.6. The molecule has 3 fully saturated rings. The third kappa shape index (κ3) is 4.25. The fourth-order valence-electron chi connectivity index (χ4n) is 5.15. The van der Waals surface area contributed by atoms with E-state index >= 15 is 0 Å². The number of fused-ring (bicyclic) bond motifs is 2. The first-order valence-corrected chi connectivity index (χ1v) is 14.4. The average Bonchev–Trinajstić information content (AvgIpc) is 3.40. The molecular weight excluding hydrogens is 468 g/mol. The van der Waals surface area contributed by atoms with E-state index in [1.54, 1.807) is 4.90 Å². The van der Waals surface area contributed by atoms with E-state index in [9.17, 15) is 26.4 Å². The number of nitrogens with zero attached hydrogens (tertiary/aromatic N) is 2. The highest BCUT2D eigenvalue weighted by atomic mass is 32.2. The van der Waals surface area contributed by atoms with Crippen molar-refractivity contribution in [3.8, 4) is 0 Å². The number of hydrogen-bond donors (Lipinski definition) is 2. The lowest BCUT2D eigenvalue weighted by Crippen LogP contribution is -2.58. The Bertz CT molecular complexity index is 1270. The lowest BCUT2D eigenvalue weighted by Gasteiger charge is -2.41. The topological polar surface area (TPSA) is 142 Å². The number of likely N-dealkylation sites (tertiary alicyclic amines) is 1. The summed E-state index contributed by atoms with van der Waals surface area (Å²) in [5.41, 5.74) is 0.225. The molecule has 5 rings (SSSR count). The van der Waals surface area contributed by atoms with Gasteiger partial charge in [-0.25, -0.2) is 8.42 Å². The van der Waals surface area contributed by atoms with Crippen molar-refractivity contribution in [1.82, 2.24) is 4.90 Å². The Morgan fingerprint density at radius 3 is 2.64 bits per heavy atom. The zero-order chi connectivity index (χ0) is 23.5. The van der Waals surface area contributed by atoms with Gasteiger partial charge < -0.3 is 10.2 Å². The van der Waals surface area contributed by atoms with Crippen LogP contribution in [0.25, 0.3) is 0 Å². The fraction of sp³-hybridized carbons (Fsp3) is 0.571. The van der Waals surface area contributed by atoms with Crippen LogP contribution in [-0.2, 0) is 29.6 Å². The van der Waals surface area contributed by atoms with Gasteiger partial charge in [-0.15, -0.1) is 4.40 Å². The molecular formula is C21H26N4O6S2. The summed E-state index contributed by atoms with van der Waals surface area (Å²) in [4.78, 5) is 28.3. The van der Waals surface area contributed by atoms with E-state index in [0.29, 0.717) is 18.9 Å². The molecule has 2 saturated carbocycles. The molecule has 0 spiro atoms. The largest absolute Gasteiger partial charge is 0.341 e. The molecule has 0 aromatic heterocycles. The molecule has 10 nitrogen and oxygen atoms in total. The Hall–Kier alpha value is -2.47. The number of benzene rings is 1. The Morgan fingerprint density at radius 1 is 1.18 bits per heavy atom. The number of nitrogens with one attached hydrogen (secondary N) is 2. The number of ketones is 1. The minimum Gasteiger partial charge on any atom is -0.341 e. The van der Waals surface area contributed by atoms with E-state index < -0.39 is 26.0 Å². The van der Waals surface area contributed by atoms with Gasteiger partial charge in [0, 0.05) is 24.2 Å². The van der Waals surface area contributed by atoms with E-state index in [2.05, 4.69) is 14.4 Å². The third-order valence-electron chi connectivity index (χ3n) is 6.85. The van der Waals surface area contributed by atoms with Gasteiger partial charge >= 0.3 is 0 Å². The highest BCUT2D eigenvalue weighted by Gasteiger charge is 2.52. The Labute approximate surface area is 192 Å². The molecule has 4 aliphatic rings. The molecule has 12 heteroatoms. The van der Waals surface area contributed by atoms with Gasteiger partial charge in [0.1, 0.15) is 10.7 Å². The third-order valence-corrected chi connectivity index (χ3v) is 8.79. The van der Waals surface area contributed by atoms with Gasteiger partial charge in [-0.2, -0.15) is 8.42 Å². The summed E-state index contributed by atoms with van der Waals surface area (Å²) in [6, 6.07) is 3.86. The van der Waals surface area contributed by atoms with Gasteiger partial charge in [0.05, 0.1) is 11.9 Å². The summed E-state index contributed by atoms with van der Waals surface area (Å²) >= 11 is 0. The summed E-state index contributed by atoms with van der Waals surface area (Å²) in [7, 11) is -7.85. The molecule has 1 aromatic rings. The van der Waals surface area contributed by atoms with Crippen LogP contribution < -0.4 is 10.0 Å². The number of amidine groups is 1. The van der Waals surface area contributed by atoms with Crippen molar-refractivity contribution >= 4 is 48.9 Å². The molecule has 1 saturated heterocycles. The minimum atomic E-state index is -4.25. The molecule has 2 aliphatic heterocycles. The minimum absolute atomic E-state index is 0.0742. The average molecular weight is 495 g/mol. The van der Waals surface area contributed by atoms with Crippen LogP contribution in [0.15, 0.2) is 27.5 Å². The van der Waals surface area contributed by atoms with Crippen LogP contribution in [0.5, 0.6) is 0 Å². The van der Waals surface area contributed by atoms with Gasteiger partial charge in [-0.05, 0) is 43.4 Å². The first-order valence-electron chi connectivity index (χ1n) is 11.1. The molecule has 3 unspecified atom stereocenters. The van der Waals surface area contributed by atoms with Crippen molar-refractivity contribution < 1.29 is 26.4 Å². The maximum absolute atomic E-state index is 13.5. The van der Waals surface area contributed by atoms with Crippen LogP contribution >= 0.6 is 0 Å². The molecule has 33 heavy (non-hydrogen) atoms. The first kappa shape index (κ1) is 22.3. The van der Waals surface area contributed by atoms with Gasteiger partial charge in [0.15, 0.2) is 11.7 Å². The smallest absolute Gasteiger partial charge is 0.286 e. The number of carbonyl (C=O) groups excluding carboxylic acids is 2. The van der Waals surface area contributed by atoms with Crippen molar-refractivity contribution in [2.75, 3.05) is 22.8 Å². The predicted octanol–water partition coefficient (Wildman–Crippen LogP) is 1.57. The molecule has 178 valence electrons. The Morgan fingerprint density at radius 2 is 1.94 bits per heavy atom. The van der Waals surface area contributed by atoms with Crippen LogP contribution in [-0.4, -0.2) is 58.1 Å². The summed E-state index contributed by atoms with van der Waals surface area (Å²) < 4.78 is 54.9. The van der Waals surface area contributed by atoms with E-state index in [1.807, 2.05) is 0 Å². The number of piperidine rings is 1. The lowest BCUT2D eigenvalue weighted by atomic mass is 9.81. The molecule has 2 heterocycles. The van der Waals surface area contributed by atoms with Gasteiger partial charge in [0.25, 0.3) is 10.0 Å². The lowest BCUT2D eigenvalue weighted by molar-refractivity contribution is -0.149. The second-order valence-electron chi connectivity index (χ2n) is 9.37. The Balaban J connectivity index is 1.47. The summed E-state index contributed by atoms with van der Waals surface area (Å²) in [5, 5.41) is 2.88. The zero-order valence-electron chi connectivity index (χ0n) is 18.2. The van der Waals surface area contributed by atoms with Crippen molar-refractivity contribution in [2.24, 2.45) is 22.2 Å². The van der Waals surface area contributed by atoms with Crippen molar-refractivity contribution in [2.45, 2.75) is 49.5 Å². The molecule has 2 N–H and O–H groups in total. The second-order valence-corrected chi connectivity index (χ2v) is 12.7. The Kier molecular flexibility index (Phi) is 5.27. The standard InChI is InChI=1S/C21H26N4O6S2/c1-32(28,29)23-13-7-8-15-17(11-13)33(30,31)24-20(22-15)18-19(26)14-3-2-4-16(14)25(21(18)27)10-9-12-5-6-12/h7-8,11-12,14,16,18,23H,2-6,9-10H2,1H3,(H,22,24). The summed E-state index contributed by atoms with van der Waals surface area (Å²) in [6.07, 6.45) is 6.52. The van der Waals surface area contributed by atoms with Crippen molar-refractivity contribution in [3.05, 3.63) is 18.2 Å². The van der Waals surface area contributed by atoms with E-state index in [4.69, 9.17) is 0 Å². The maximum atomic E-state index is 13.5. The molecule has 0 bridgehead atoms. The summed E-state index contributed by atoms with van der Waals surface area (Å²) in [5.74, 6) is -1.79. The number of rotatable bonds is 6. The van der Waals surface area contributed by atoms with Crippen molar-refractivity contribution in [3.63, 3.8) is 0 Å². The fourth-order valence-corrected chi connectivity index (χ4v) is 6.88. The number of sulfonamides is 2. The summed E-state index contributed by atoms with van der Waals surface area (Å²) in [6.45, 7) is 0.575. The number of Topliss-reactive ketones (excluding diaryl/α,β-unsaturated/α-hetero) is 1.